The Morgan fingerprint density at radius 3 is 3.00 bits per heavy atom. The second kappa shape index (κ2) is 4.62. The highest BCUT2D eigenvalue weighted by Gasteiger charge is 2.26. The summed E-state index contributed by atoms with van der Waals surface area (Å²) < 4.78 is 0. The third-order valence-electron chi connectivity index (χ3n) is 2.98. The van der Waals surface area contributed by atoms with Crippen LogP contribution in [0.15, 0.2) is 18.5 Å². The molecule has 1 aliphatic rings. The lowest BCUT2D eigenvalue weighted by Gasteiger charge is -2.19. The van der Waals surface area contributed by atoms with Gasteiger partial charge in [-0.3, -0.25) is 4.98 Å². The van der Waals surface area contributed by atoms with Crippen molar-refractivity contribution in [3.63, 3.8) is 0 Å². The summed E-state index contributed by atoms with van der Waals surface area (Å²) in [4.78, 5) is 4.16. The molecular formula is C12H19N3. The maximum absolute atomic E-state index is 5.97. The first-order valence-electron chi connectivity index (χ1n) is 5.74. The predicted molar refractivity (Wildman–Crippen MR) is 62.4 cm³/mol. The SMILES string of the molecule is CCNC(CC1CC1)c1cnccc1N. The average molecular weight is 205 g/mol. The van der Waals surface area contributed by atoms with E-state index in [0.717, 1.165) is 23.7 Å². The Hall–Kier alpha value is -1.09. The summed E-state index contributed by atoms with van der Waals surface area (Å²) >= 11 is 0. The summed E-state index contributed by atoms with van der Waals surface area (Å²) in [5.74, 6) is 0.897. The van der Waals surface area contributed by atoms with Crippen LogP contribution in [0.2, 0.25) is 0 Å². The van der Waals surface area contributed by atoms with E-state index >= 15 is 0 Å². The third kappa shape index (κ3) is 2.69. The summed E-state index contributed by atoms with van der Waals surface area (Å²) in [7, 11) is 0. The largest absolute Gasteiger partial charge is 0.398 e. The van der Waals surface area contributed by atoms with E-state index in [0.29, 0.717) is 6.04 Å². The Kier molecular flexibility index (Phi) is 3.21. The molecule has 1 aromatic rings. The zero-order valence-electron chi connectivity index (χ0n) is 9.24. The molecule has 15 heavy (non-hydrogen) atoms. The fourth-order valence-electron chi connectivity index (χ4n) is 1.96. The number of nitrogen functional groups attached to an aromatic ring is 1. The van der Waals surface area contributed by atoms with Gasteiger partial charge in [-0.2, -0.15) is 0 Å². The van der Waals surface area contributed by atoms with Gasteiger partial charge in [0.2, 0.25) is 0 Å². The number of nitrogens with zero attached hydrogens (tertiary/aromatic N) is 1. The molecule has 0 amide bonds. The Balaban J connectivity index is 2.11. The summed E-state index contributed by atoms with van der Waals surface area (Å²) in [6.07, 6.45) is 7.60. The predicted octanol–water partition coefficient (Wildman–Crippen LogP) is 2.11. The smallest absolute Gasteiger partial charge is 0.0393 e. The fraction of sp³-hybridized carbons (Fsp3) is 0.583. The van der Waals surface area contributed by atoms with E-state index in [2.05, 4.69) is 17.2 Å². The number of aromatic nitrogens is 1. The molecule has 1 fully saturated rings. The van der Waals surface area contributed by atoms with Gasteiger partial charge in [-0.1, -0.05) is 19.8 Å². The number of hydrogen-bond donors (Lipinski definition) is 2. The van der Waals surface area contributed by atoms with Gasteiger partial charge in [0.1, 0.15) is 0 Å². The summed E-state index contributed by atoms with van der Waals surface area (Å²) in [6.45, 7) is 3.11. The molecule has 1 aliphatic carbocycles. The van der Waals surface area contributed by atoms with Gasteiger partial charge in [0.15, 0.2) is 0 Å². The normalized spacial score (nSPS) is 17.7. The van der Waals surface area contributed by atoms with Gasteiger partial charge in [-0.15, -0.1) is 0 Å². The van der Waals surface area contributed by atoms with Gasteiger partial charge < -0.3 is 11.1 Å². The van der Waals surface area contributed by atoms with Crippen molar-refractivity contribution in [3.05, 3.63) is 24.0 Å². The first-order valence-corrected chi connectivity index (χ1v) is 5.74. The summed E-state index contributed by atoms with van der Waals surface area (Å²) in [5.41, 5.74) is 7.98. The van der Waals surface area contributed by atoms with E-state index in [4.69, 9.17) is 5.73 Å². The first-order chi connectivity index (χ1) is 7.31. The van der Waals surface area contributed by atoms with Crippen molar-refractivity contribution in [2.75, 3.05) is 12.3 Å². The van der Waals surface area contributed by atoms with Crippen LogP contribution in [0.25, 0.3) is 0 Å². The van der Waals surface area contributed by atoms with E-state index in [9.17, 15) is 0 Å². The second-order valence-corrected chi connectivity index (χ2v) is 4.29. The fourth-order valence-corrected chi connectivity index (χ4v) is 1.96. The van der Waals surface area contributed by atoms with Crippen LogP contribution in [0.5, 0.6) is 0 Å². The topological polar surface area (TPSA) is 50.9 Å². The zero-order valence-corrected chi connectivity index (χ0v) is 9.24. The van der Waals surface area contributed by atoms with Crippen LogP contribution < -0.4 is 11.1 Å². The third-order valence-corrected chi connectivity index (χ3v) is 2.98. The lowest BCUT2D eigenvalue weighted by Crippen LogP contribution is -2.22. The molecule has 1 heterocycles. The minimum absolute atomic E-state index is 0.385. The van der Waals surface area contributed by atoms with Gasteiger partial charge in [0.05, 0.1) is 0 Å². The Morgan fingerprint density at radius 2 is 2.40 bits per heavy atom. The standard InChI is InChI=1S/C12H19N3/c1-2-15-12(7-9-3-4-9)10-8-14-6-5-11(10)13/h5-6,8-9,12,15H,2-4,7H2,1H3,(H2,13,14). The van der Waals surface area contributed by atoms with Crippen molar-refractivity contribution in [1.82, 2.24) is 10.3 Å². The van der Waals surface area contributed by atoms with Gasteiger partial charge in [0, 0.05) is 29.7 Å². The van der Waals surface area contributed by atoms with Crippen LogP contribution in [0.4, 0.5) is 5.69 Å². The van der Waals surface area contributed by atoms with Crippen LogP contribution in [0, 0.1) is 5.92 Å². The van der Waals surface area contributed by atoms with Crippen LogP contribution >= 0.6 is 0 Å². The van der Waals surface area contributed by atoms with E-state index < -0.39 is 0 Å². The summed E-state index contributed by atoms with van der Waals surface area (Å²) in [6, 6.07) is 2.27. The van der Waals surface area contributed by atoms with Crippen molar-refractivity contribution in [2.45, 2.75) is 32.2 Å². The van der Waals surface area contributed by atoms with Crippen molar-refractivity contribution in [1.29, 1.82) is 0 Å². The molecule has 1 aromatic heterocycles. The molecule has 3 nitrogen and oxygen atoms in total. The minimum Gasteiger partial charge on any atom is -0.398 e. The molecular weight excluding hydrogens is 186 g/mol. The van der Waals surface area contributed by atoms with E-state index in [1.165, 1.54) is 19.3 Å². The van der Waals surface area contributed by atoms with Gasteiger partial charge in [0.25, 0.3) is 0 Å². The molecule has 1 unspecified atom stereocenters. The highest BCUT2D eigenvalue weighted by molar-refractivity contribution is 5.46. The molecule has 0 radical (unpaired) electrons. The highest BCUT2D eigenvalue weighted by Crippen LogP contribution is 2.38. The molecule has 1 saturated carbocycles. The number of nitrogens with two attached hydrogens (primary N) is 1. The molecule has 82 valence electrons. The number of nitrogens with one attached hydrogen (secondary N) is 1. The van der Waals surface area contributed by atoms with Crippen molar-refractivity contribution >= 4 is 5.69 Å². The second-order valence-electron chi connectivity index (χ2n) is 4.29. The monoisotopic (exact) mass is 205 g/mol. The van der Waals surface area contributed by atoms with Crippen LogP contribution in [0.3, 0.4) is 0 Å². The van der Waals surface area contributed by atoms with E-state index in [-0.39, 0.29) is 0 Å². The van der Waals surface area contributed by atoms with Crippen LogP contribution in [-0.4, -0.2) is 11.5 Å². The van der Waals surface area contributed by atoms with Crippen molar-refractivity contribution in [3.8, 4) is 0 Å². The molecule has 2 rings (SSSR count). The number of anilines is 1. The lowest BCUT2D eigenvalue weighted by atomic mass is 10.0. The van der Waals surface area contributed by atoms with Crippen LogP contribution in [0.1, 0.15) is 37.8 Å². The Labute approximate surface area is 91.1 Å². The maximum Gasteiger partial charge on any atom is 0.0393 e. The molecule has 0 bridgehead atoms. The zero-order chi connectivity index (χ0) is 10.7. The molecule has 0 saturated heterocycles. The molecule has 3 heteroatoms. The number of hydrogen-bond acceptors (Lipinski definition) is 3. The Bertz CT molecular complexity index is 320. The molecule has 0 aromatic carbocycles. The maximum atomic E-state index is 5.97. The van der Waals surface area contributed by atoms with Crippen LogP contribution in [-0.2, 0) is 0 Å². The first kappa shape index (κ1) is 10.4. The molecule has 0 spiro atoms. The lowest BCUT2D eigenvalue weighted by molar-refractivity contribution is 0.487. The van der Waals surface area contributed by atoms with Gasteiger partial charge in [-0.05, 0) is 24.9 Å². The average Bonchev–Trinajstić information content (AvgIpc) is 3.02. The molecule has 3 N–H and O–H groups in total. The van der Waals surface area contributed by atoms with Crippen molar-refractivity contribution in [2.24, 2.45) is 5.92 Å². The molecule has 0 aliphatic heterocycles. The Morgan fingerprint density at radius 1 is 1.60 bits per heavy atom. The number of pyridine rings is 1. The minimum atomic E-state index is 0.385. The van der Waals surface area contributed by atoms with Gasteiger partial charge in [-0.25, -0.2) is 0 Å². The summed E-state index contributed by atoms with van der Waals surface area (Å²) in [5, 5.41) is 3.49. The highest BCUT2D eigenvalue weighted by atomic mass is 14.9. The van der Waals surface area contributed by atoms with E-state index in [1.807, 2.05) is 12.3 Å². The number of rotatable bonds is 5. The van der Waals surface area contributed by atoms with Crippen molar-refractivity contribution < 1.29 is 0 Å². The van der Waals surface area contributed by atoms with E-state index in [1.54, 1.807) is 6.20 Å². The quantitative estimate of drug-likeness (QED) is 0.774. The van der Waals surface area contributed by atoms with Gasteiger partial charge >= 0.3 is 0 Å². The molecule has 1 atom stereocenters.